The molecule has 1 N–H and O–H groups in total. The Hall–Kier alpha value is -1.51. The van der Waals surface area contributed by atoms with Gasteiger partial charge in [0, 0.05) is 0 Å². The molecular weight excluding hydrogens is 216 g/mol. The van der Waals surface area contributed by atoms with Crippen LogP contribution in [0.2, 0.25) is 0 Å². The smallest absolute Gasteiger partial charge is 0.314 e. The van der Waals surface area contributed by atoms with Crippen molar-refractivity contribution in [2.45, 2.75) is 44.6 Å². The van der Waals surface area contributed by atoms with Crippen LogP contribution in [0.5, 0.6) is 5.75 Å². The summed E-state index contributed by atoms with van der Waals surface area (Å²) >= 11 is 0. The molecular formula is C14H18O3. The summed E-state index contributed by atoms with van der Waals surface area (Å²) in [5, 5.41) is 9.32. The lowest BCUT2D eigenvalue weighted by Crippen LogP contribution is -2.42. The van der Waals surface area contributed by atoms with Crippen molar-refractivity contribution in [2.24, 2.45) is 0 Å². The maximum absolute atomic E-state index is 11.3. The summed E-state index contributed by atoms with van der Waals surface area (Å²) in [5.74, 6) is 0.0879. The Morgan fingerprint density at radius 3 is 2.24 bits per heavy atom. The standard InChI is InChI=1S/C14H18O3/c1-10(2)17-12-6-4-11(5-7-12)14(13(15)16)8-3-9-14/h4-7,10H,3,8-9H2,1-2H3,(H,15,16). The first-order valence-corrected chi connectivity index (χ1v) is 6.05. The summed E-state index contributed by atoms with van der Waals surface area (Å²) in [4.78, 5) is 11.3. The van der Waals surface area contributed by atoms with Gasteiger partial charge in [-0.2, -0.15) is 0 Å². The molecule has 3 nitrogen and oxygen atoms in total. The van der Waals surface area contributed by atoms with E-state index in [1.807, 2.05) is 38.1 Å². The third-order valence-corrected chi connectivity index (χ3v) is 3.40. The highest BCUT2D eigenvalue weighted by atomic mass is 16.5. The van der Waals surface area contributed by atoms with Crippen LogP contribution in [0.15, 0.2) is 24.3 Å². The number of carbonyl (C=O) groups is 1. The zero-order valence-electron chi connectivity index (χ0n) is 10.3. The van der Waals surface area contributed by atoms with Gasteiger partial charge < -0.3 is 9.84 Å². The Morgan fingerprint density at radius 2 is 1.88 bits per heavy atom. The molecule has 0 saturated heterocycles. The summed E-state index contributed by atoms with van der Waals surface area (Å²) < 4.78 is 5.55. The van der Waals surface area contributed by atoms with Gasteiger partial charge in [-0.3, -0.25) is 4.79 Å². The number of rotatable bonds is 4. The number of carboxylic acid groups (broad SMARTS) is 1. The Morgan fingerprint density at radius 1 is 1.29 bits per heavy atom. The van der Waals surface area contributed by atoms with Gasteiger partial charge in [0.2, 0.25) is 0 Å². The molecule has 0 amide bonds. The first-order chi connectivity index (χ1) is 8.04. The van der Waals surface area contributed by atoms with Crippen LogP contribution in [-0.4, -0.2) is 17.2 Å². The number of hydrogen-bond acceptors (Lipinski definition) is 2. The zero-order chi connectivity index (χ0) is 12.5. The number of benzene rings is 1. The molecule has 2 rings (SSSR count). The van der Waals surface area contributed by atoms with Gasteiger partial charge in [-0.1, -0.05) is 18.6 Å². The molecule has 1 aliphatic carbocycles. The summed E-state index contributed by atoms with van der Waals surface area (Å²) in [5.41, 5.74) is 0.253. The van der Waals surface area contributed by atoms with Crippen molar-refractivity contribution >= 4 is 5.97 Å². The maximum atomic E-state index is 11.3. The summed E-state index contributed by atoms with van der Waals surface area (Å²) in [6, 6.07) is 7.48. The maximum Gasteiger partial charge on any atom is 0.314 e. The minimum absolute atomic E-state index is 0.137. The molecule has 1 fully saturated rings. The van der Waals surface area contributed by atoms with Gasteiger partial charge in [-0.25, -0.2) is 0 Å². The van der Waals surface area contributed by atoms with Crippen molar-refractivity contribution in [1.29, 1.82) is 0 Å². The Balaban J connectivity index is 2.20. The number of hydrogen-bond donors (Lipinski definition) is 1. The molecule has 0 aliphatic heterocycles. The van der Waals surface area contributed by atoms with Gasteiger partial charge >= 0.3 is 5.97 Å². The van der Waals surface area contributed by atoms with Crippen LogP contribution < -0.4 is 4.74 Å². The van der Waals surface area contributed by atoms with E-state index in [4.69, 9.17) is 4.74 Å². The Kier molecular flexibility index (Phi) is 3.09. The van der Waals surface area contributed by atoms with Crippen LogP contribution in [0.25, 0.3) is 0 Å². The van der Waals surface area contributed by atoms with Crippen molar-refractivity contribution in [3.63, 3.8) is 0 Å². The van der Waals surface area contributed by atoms with Crippen molar-refractivity contribution < 1.29 is 14.6 Å². The normalized spacial score (nSPS) is 17.6. The van der Waals surface area contributed by atoms with E-state index >= 15 is 0 Å². The molecule has 1 aromatic rings. The Labute approximate surface area is 101 Å². The molecule has 0 aromatic heterocycles. The second-order valence-corrected chi connectivity index (χ2v) is 4.93. The van der Waals surface area contributed by atoms with E-state index in [-0.39, 0.29) is 6.10 Å². The Bertz CT molecular complexity index is 402. The third kappa shape index (κ3) is 2.14. The van der Waals surface area contributed by atoms with Crippen LogP contribution in [0.3, 0.4) is 0 Å². The topological polar surface area (TPSA) is 46.5 Å². The molecule has 0 heterocycles. The van der Waals surface area contributed by atoms with Crippen LogP contribution >= 0.6 is 0 Å². The average Bonchev–Trinajstić information content (AvgIpc) is 2.17. The van der Waals surface area contributed by atoms with Gasteiger partial charge in [-0.15, -0.1) is 0 Å². The van der Waals surface area contributed by atoms with Crippen molar-refractivity contribution in [2.75, 3.05) is 0 Å². The van der Waals surface area contributed by atoms with Gasteiger partial charge in [0.25, 0.3) is 0 Å². The predicted octanol–water partition coefficient (Wildman–Crippen LogP) is 2.98. The fourth-order valence-corrected chi connectivity index (χ4v) is 2.28. The lowest BCUT2D eigenvalue weighted by atomic mass is 9.64. The van der Waals surface area contributed by atoms with E-state index in [1.54, 1.807) is 0 Å². The fourth-order valence-electron chi connectivity index (χ4n) is 2.28. The SMILES string of the molecule is CC(C)Oc1ccc(C2(C(=O)O)CCC2)cc1. The molecule has 0 unspecified atom stereocenters. The predicted molar refractivity (Wildman–Crippen MR) is 65.4 cm³/mol. The van der Waals surface area contributed by atoms with E-state index in [1.165, 1.54) is 0 Å². The van der Waals surface area contributed by atoms with Crippen LogP contribution in [0, 0.1) is 0 Å². The lowest BCUT2D eigenvalue weighted by Gasteiger charge is -2.38. The molecule has 0 spiro atoms. The summed E-state index contributed by atoms with van der Waals surface area (Å²) in [7, 11) is 0. The molecule has 1 aliphatic rings. The van der Waals surface area contributed by atoms with Crippen LogP contribution in [0.1, 0.15) is 38.7 Å². The quantitative estimate of drug-likeness (QED) is 0.871. The van der Waals surface area contributed by atoms with Gasteiger partial charge in [0.05, 0.1) is 11.5 Å². The molecule has 3 heteroatoms. The lowest BCUT2D eigenvalue weighted by molar-refractivity contribution is -0.147. The highest BCUT2D eigenvalue weighted by Crippen LogP contribution is 2.44. The molecule has 1 aromatic carbocycles. The largest absolute Gasteiger partial charge is 0.491 e. The fraction of sp³-hybridized carbons (Fsp3) is 0.500. The minimum atomic E-state index is -0.707. The van der Waals surface area contributed by atoms with Crippen molar-refractivity contribution in [3.05, 3.63) is 29.8 Å². The van der Waals surface area contributed by atoms with E-state index in [0.717, 1.165) is 30.6 Å². The highest BCUT2D eigenvalue weighted by Gasteiger charge is 2.45. The zero-order valence-corrected chi connectivity index (χ0v) is 10.3. The monoisotopic (exact) mass is 234 g/mol. The van der Waals surface area contributed by atoms with Gasteiger partial charge in [-0.05, 0) is 44.4 Å². The second-order valence-electron chi connectivity index (χ2n) is 4.93. The van der Waals surface area contributed by atoms with Crippen molar-refractivity contribution in [1.82, 2.24) is 0 Å². The van der Waals surface area contributed by atoms with E-state index in [9.17, 15) is 9.90 Å². The number of ether oxygens (including phenoxy) is 1. The third-order valence-electron chi connectivity index (χ3n) is 3.40. The molecule has 0 atom stereocenters. The first-order valence-electron chi connectivity index (χ1n) is 6.05. The second kappa shape index (κ2) is 4.40. The number of aliphatic carboxylic acids is 1. The number of carboxylic acids is 1. The average molecular weight is 234 g/mol. The van der Waals surface area contributed by atoms with E-state index < -0.39 is 11.4 Å². The highest BCUT2D eigenvalue weighted by molar-refractivity contribution is 5.82. The van der Waals surface area contributed by atoms with E-state index in [0.29, 0.717) is 0 Å². The van der Waals surface area contributed by atoms with Gasteiger partial charge in [0.15, 0.2) is 0 Å². The molecule has 1 saturated carbocycles. The van der Waals surface area contributed by atoms with Crippen LogP contribution in [-0.2, 0) is 10.2 Å². The van der Waals surface area contributed by atoms with Crippen LogP contribution in [0.4, 0.5) is 0 Å². The summed E-state index contributed by atoms with van der Waals surface area (Å²) in [6.07, 6.45) is 2.62. The molecule has 17 heavy (non-hydrogen) atoms. The molecule has 0 radical (unpaired) electrons. The first kappa shape index (κ1) is 12.0. The minimum Gasteiger partial charge on any atom is -0.491 e. The summed E-state index contributed by atoms with van der Waals surface area (Å²) in [6.45, 7) is 3.94. The van der Waals surface area contributed by atoms with E-state index in [2.05, 4.69) is 0 Å². The molecule has 92 valence electrons. The van der Waals surface area contributed by atoms with Gasteiger partial charge in [0.1, 0.15) is 5.75 Å². The molecule has 0 bridgehead atoms. The van der Waals surface area contributed by atoms with Crippen molar-refractivity contribution in [3.8, 4) is 5.75 Å².